The van der Waals surface area contributed by atoms with Crippen LogP contribution in [0, 0.1) is 5.92 Å². The molecule has 1 atom stereocenters. The van der Waals surface area contributed by atoms with Gasteiger partial charge in [0, 0.05) is 25.2 Å². The van der Waals surface area contributed by atoms with E-state index in [9.17, 15) is 18.0 Å². The molecule has 26 heavy (non-hydrogen) atoms. The van der Waals surface area contributed by atoms with E-state index in [1.54, 1.807) is 0 Å². The highest BCUT2D eigenvalue weighted by molar-refractivity contribution is 14.0. The minimum atomic E-state index is -4.41. The number of rotatable bonds is 4. The minimum absolute atomic E-state index is 0. The number of halogens is 4. The van der Waals surface area contributed by atoms with Crippen LogP contribution in [0.25, 0.3) is 0 Å². The van der Waals surface area contributed by atoms with Crippen LogP contribution in [0.2, 0.25) is 0 Å². The second kappa shape index (κ2) is 9.98. The summed E-state index contributed by atoms with van der Waals surface area (Å²) in [5.41, 5.74) is 5.35. The summed E-state index contributed by atoms with van der Waals surface area (Å²) in [4.78, 5) is 18.2. The lowest BCUT2D eigenvalue weighted by atomic mass is 10.0. The monoisotopic (exact) mass is 484 g/mol. The summed E-state index contributed by atoms with van der Waals surface area (Å²) in [7, 11) is 0. The first kappa shape index (κ1) is 22.5. The maximum absolute atomic E-state index is 12.5. The van der Waals surface area contributed by atoms with E-state index in [0.29, 0.717) is 18.4 Å². The molecule has 2 rings (SSSR count). The average Bonchev–Trinajstić information content (AvgIpc) is 2.57. The molecule has 146 valence electrons. The number of nitrogens with zero attached hydrogens (tertiary/aromatic N) is 2. The first-order valence-electron chi connectivity index (χ1n) is 8.27. The molecule has 9 heteroatoms. The zero-order valence-corrected chi connectivity index (χ0v) is 16.9. The number of hydrogen-bond acceptors (Lipinski definition) is 2. The largest absolute Gasteiger partial charge is 0.416 e. The zero-order valence-electron chi connectivity index (χ0n) is 14.6. The molecule has 1 amide bonds. The fourth-order valence-electron chi connectivity index (χ4n) is 2.75. The van der Waals surface area contributed by atoms with Crippen molar-refractivity contribution in [1.82, 2.24) is 10.2 Å². The molecule has 0 saturated carbocycles. The molecular weight excluding hydrogens is 460 g/mol. The van der Waals surface area contributed by atoms with E-state index in [4.69, 9.17) is 5.73 Å². The summed E-state index contributed by atoms with van der Waals surface area (Å²) in [6.45, 7) is 4.53. The third-order valence-corrected chi connectivity index (χ3v) is 4.13. The number of amides is 1. The first-order chi connectivity index (χ1) is 11.8. The van der Waals surface area contributed by atoms with E-state index in [2.05, 4.69) is 17.2 Å². The standard InChI is InChI=1S/C17H23F3N4O.HI/c1-12-3-2-10-24(11-12)16(21)23-9-8-22-15(25)13-4-6-14(7-5-13)17(18,19)20;/h4-7,12H,2-3,8-11H2,1H3,(H2,21,23)(H,22,25);1H. The van der Waals surface area contributed by atoms with Crippen LogP contribution in [0.4, 0.5) is 13.2 Å². The van der Waals surface area contributed by atoms with Gasteiger partial charge in [-0.1, -0.05) is 6.92 Å². The molecule has 0 spiro atoms. The Hall–Kier alpha value is -1.52. The maximum atomic E-state index is 12.5. The van der Waals surface area contributed by atoms with Gasteiger partial charge >= 0.3 is 6.18 Å². The number of benzene rings is 1. The molecule has 1 saturated heterocycles. The molecule has 0 bridgehead atoms. The second-order valence-corrected chi connectivity index (χ2v) is 6.26. The molecule has 5 nitrogen and oxygen atoms in total. The lowest BCUT2D eigenvalue weighted by molar-refractivity contribution is -0.137. The fourth-order valence-corrected chi connectivity index (χ4v) is 2.75. The van der Waals surface area contributed by atoms with Gasteiger partial charge in [-0.15, -0.1) is 24.0 Å². The molecule has 3 N–H and O–H groups in total. The predicted octanol–water partition coefficient (Wildman–Crippen LogP) is 3.10. The highest BCUT2D eigenvalue weighted by atomic mass is 127. The highest BCUT2D eigenvalue weighted by Crippen LogP contribution is 2.29. The van der Waals surface area contributed by atoms with Crippen molar-refractivity contribution in [2.24, 2.45) is 16.6 Å². The van der Waals surface area contributed by atoms with Crippen LogP contribution in [-0.2, 0) is 6.18 Å². The maximum Gasteiger partial charge on any atom is 0.416 e. The molecule has 1 aliphatic rings. The van der Waals surface area contributed by atoms with Gasteiger partial charge in [-0.05, 0) is 43.0 Å². The average molecular weight is 484 g/mol. The quantitative estimate of drug-likeness (QED) is 0.299. The zero-order chi connectivity index (χ0) is 18.4. The Balaban J connectivity index is 0.00000338. The number of carbonyl (C=O) groups excluding carboxylic acids is 1. The molecule has 0 aliphatic carbocycles. The van der Waals surface area contributed by atoms with Crippen molar-refractivity contribution in [3.05, 3.63) is 35.4 Å². The Morgan fingerprint density at radius 1 is 1.35 bits per heavy atom. The number of alkyl halides is 3. The summed E-state index contributed by atoms with van der Waals surface area (Å²) in [5.74, 6) is 0.617. The summed E-state index contributed by atoms with van der Waals surface area (Å²) < 4.78 is 37.5. The molecule has 0 radical (unpaired) electrons. The van der Waals surface area contributed by atoms with Crippen molar-refractivity contribution < 1.29 is 18.0 Å². The van der Waals surface area contributed by atoms with Crippen molar-refractivity contribution in [2.75, 3.05) is 26.2 Å². The Morgan fingerprint density at radius 2 is 2.00 bits per heavy atom. The van der Waals surface area contributed by atoms with Crippen molar-refractivity contribution >= 4 is 35.8 Å². The van der Waals surface area contributed by atoms with Crippen LogP contribution < -0.4 is 11.1 Å². The topological polar surface area (TPSA) is 70.7 Å². The van der Waals surface area contributed by atoms with E-state index in [1.807, 2.05) is 4.90 Å². The molecule has 1 heterocycles. The van der Waals surface area contributed by atoms with Crippen molar-refractivity contribution in [1.29, 1.82) is 0 Å². The summed E-state index contributed by atoms with van der Waals surface area (Å²) in [6, 6.07) is 4.10. The number of aliphatic imine (C=N–C) groups is 1. The number of carbonyl (C=O) groups is 1. The molecule has 1 aliphatic heterocycles. The third-order valence-electron chi connectivity index (χ3n) is 4.13. The molecule has 0 aromatic heterocycles. The van der Waals surface area contributed by atoms with Crippen LogP contribution in [0.3, 0.4) is 0 Å². The van der Waals surface area contributed by atoms with Crippen molar-refractivity contribution in [3.8, 4) is 0 Å². The molecule has 1 aromatic carbocycles. The van der Waals surface area contributed by atoms with Gasteiger partial charge in [0.2, 0.25) is 0 Å². The Bertz CT molecular complexity index is 619. The van der Waals surface area contributed by atoms with E-state index < -0.39 is 17.6 Å². The summed E-state index contributed by atoms with van der Waals surface area (Å²) in [6.07, 6.45) is -2.14. The number of likely N-dealkylation sites (tertiary alicyclic amines) is 1. The number of guanidine groups is 1. The van der Waals surface area contributed by atoms with Crippen LogP contribution in [0.15, 0.2) is 29.3 Å². The lowest BCUT2D eigenvalue weighted by Gasteiger charge is -2.31. The van der Waals surface area contributed by atoms with Crippen LogP contribution in [0.1, 0.15) is 35.7 Å². The van der Waals surface area contributed by atoms with Gasteiger partial charge in [0.1, 0.15) is 0 Å². The van der Waals surface area contributed by atoms with Crippen LogP contribution in [0.5, 0.6) is 0 Å². The van der Waals surface area contributed by atoms with E-state index in [1.165, 1.54) is 6.42 Å². The summed E-state index contributed by atoms with van der Waals surface area (Å²) >= 11 is 0. The Labute approximate surface area is 168 Å². The van der Waals surface area contributed by atoms with Gasteiger partial charge in [0.05, 0.1) is 12.1 Å². The van der Waals surface area contributed by atoms with Crippen LogP contribution >= 0.6 is 24.0 Å². The molecule has 1 aromatic rings. The van der Waals surface area contributed by atoms with Gasteiger partial charge < -0.3 is 16.0 Å². The van der Waals surface area contributed by atoms with Gasteiger partial charge in [0.15, 0.2) is 5.96 Å². The number of nitrogens with one attached hydrogen (secondary N) is 1. The first-order valence-corrected chi connectivity index (χ1v) is 8.27. The van der Waals surface area contributed by atoms with Gasteiger partial charge in [-0.3, -0.25) is 9.79 Å². The third kappa shape index (κ3) is 6.65. The SMILES string of the molecule is CC1CCCN(C(N)=NCCNC(=O)c2ccc(C(F)(F)F)cc2)C1.I. The van der Waals surface area contributed by atoms with E-state index in [0.717, 1.165) is 43.8 Å². The lowest BCUT2D eigenvalue weighted by Crippen LogP contribution is -2.43. The summed E-state index contributed by atoms with van der Waals surface area (Å²) in [5, 5.41) is 2.62. The normalized spacial score (nSPS) is 18.2. The Kier molecular flexibility index (Phi) is 8.65. The second-order valence-electron chi connectivity index (χ2n) is 6.26. The van der Waals surface area contributed by atoms with Crippen molar-refractivity contribution in [2.45, 2.75) is 25.9 Å². The van der Waals surface area contributed by atoms with E-state index >= 15 is 0 Å². The molecule has 1 fully saturated rings. The Morgan fingerprint density at radius 3 is 2.58 bits per heavy atom. The number of hydrogen-bond donors (Lipinski definition) is 2. The van der Waals surface area contributed by atoms with E-state index in [-0.39, 0.29) is 36.1 Å². The number of nitrogens with two attached hydrogens (primary N) is 1. The van der Waals surface area contributed by atoms with Crippen LogP contribution in [-0.4, -0.2) is 42.9 Å². The fraction of sp³-hybridized carbons (Fsp3) is 0.529. The number of piperidine rings is 1. The van der Waals surface area contributed by atoms with Crippen molar-refractivity contribution in [3.63, 3.8) is 0 Å². The van der Waals surface area contributed by atoms with Gasteiger partial charge in [0.25, 0.3) is 5.91 Å². The molecule has 1 unspecified atom stereocenters. The predicted molar refractivity (Wildman–Crippen MR) is 106 cm³/mol. The minimum Gasteiger partial charge on any atom is -0.370 e. The highest BCUT2D eigenvalue weighted by Gasteiger charge is 2.30. The molecular formula is C17H24F3IN4O. The van der Waals surface area contributed by atoms with Gasteiger partial charge in [-0.25, -0.2) is 0 Å². The van der Waals surface area contributed by atoms with Gasteiger partial charge in [-0.2, -0.15) is 13.2 Å². The smallest absolute Gasteiger partial charge is 0.370 e.